The highest BCUT2D eigenvalue weighted by Crippen LogP contribution is 2.24. The molecule has 0 bridgehead atoms. The summed E-state index contributed by atoms with van der Waals surface area (Å²) in [5.41, 5.74) is 0. The summed E-state index contributed by atoms with van der Waals surface area (Å²) < 4.78 is 5.07. The summed E-state index contributed by atoms with van der Waals surface area (Å²) >= 11 is 0. The summed E-state index contributed by atoms with van der Waals surface area (Å²) in [5, 5.41) is 3.49. The molecule has 2 aliphatic rings. The van der Waals surface area contributed by atoms with E-state index in [1.165, 1.54) is 6.42 Å². The maximum Gasteiger partial charge on any atom is 0.251 e. The summed E-state index contributed by atoms with van der Waals surface area (Å²) in [6.45, 7) is 4.71. The predicted octanol–water partition coefficient (Wildman–Crippen LogP) is 0.232. The summed E-state index contributed by atoms with van der Waals surface area (Å²) in [4.78, 5) is 13.9. The number of piperidine rings is 1. The third-order valence-electron chi connectivity index (χ3n) is 3.67. The van der Waals surface area contributed by atoms with Crippen LogP contribution in [-0.4, -0.2) is 49.7 Å². The van der Waals surface area contributed by atoms with Gasteiger partial charge in [-0.2, -0.15) is 0 Å². The molecule has 86 valence electrons. The number of hydrogen-bond acceptors (Lipinski definition) is 3. The second kappa shape index (κ2) is 4.49. The Labute approximate surface area is 91.0 Å². The van der Waals surface area contributed by atoms with Crippen LogP contribution in [0.1, 0.15) is 19.8 Å². The first-order valence-corrected chi connectivity index (χ1v) is 5.77. The molecule has 3 unspecified atom stereocenters. The molecule has 2 aliphatic heterocycles. The van der Waals surface area contributed by atoms with Crippen LogP contribution in [0.5, 0.6) is 0 Å². The Morgan fingerprint density at radius 3 is 3.07 bits per heavy atom. The highest BCUT2D eigenvalue weighted by Gasteiger charge is 2.35. The lowest BCUT2D eigenvalue weighted by Gasteiger charge is -2.35. The molecule has 1 N–H and O–H groups in total. The second-order valence-electron chi connectivity index (χ2n) is 4.56. The van der Waals surface area contributed by atoms with E-state index < -0.39 is 0 Å². The van der Waals surface area contributed by atoms with E-state index in [9.17, 15) is 4.79 Å². The number of rotatable bonds is 2. The first kappa shape index (κ1) is 10.9. The molecule has 1 amide bonds. The molecule has 0 aromatic rings. The molecule has 0 aromatic heterocycles. The number of hydrogen-bond donors (Lipinski definition) is 1. The van der Waals surface area contributed by atoms with Gasteiger partial charge in [-0.1, -0.05) is 0 Å². The number of fused-ring (bicyclic) bond motifs is 1. The fourth-order valence-corrected chi connectivity index (χ4v) is 2.61. The molecule has 4 nitrogen and oxygen atoms in total. The van der Waals surface area contributed by atoms with Gasteiger partial charge in [-0.05, 0) is 32.2 Å². The van der Waals surface area contributed by atoms with Gasteiger partial charge in [-0.3, -0.25) is 4.79 Å². The monoisotopic (exact) mass is 212 g/mol. The van der Waals surface area contributed by atoms with Crippen LogP contribution < -0.4 is 5.32 Å². The van der Waals surface area contributed by atoms with E-state index >= 15 is 0 Å². The summed E-state index contributed by atoms with van der Waals surface area (Å²) in [6.07, 6.45) is 2.00. The minimum Gasteiger partial charge on any atom is -0.372 e. The number of likely N-dealkylation sites (tertiary alicyclic amines) is 1. The Balaban J connectivity index is 1.92. The van der Waals surface area contributed by atoms with Crippen LogP contribution in [0.4, 0.5) is 0 Å². The van der Waals surface area contributed by atoms with Crippen molar-refractivity contribution in [3.05, 3.63) is 0 Å². The fourth-order valence-electron chi connectivity index (χ4n) is 2.61. The maximum atomic E-state index is 11.9. The van der Waals surface area contributed by atoms with E-state index in [0.717, 1.165) is 26.1 Å². The molecular weight excluding hydrogens is 192 g/mol. The van der Waals surface area contributed by atoms with Crippen LogP contribution in [0.2, 0.25) is 0 Å². The van der Waals surface area contributed by atoms with Crippen LogP contribution in [-0.2, 0) is 9.53 Å². The molecule has 2 fully saturated rings. The molecule has 4 heteroatoms. The predicted molar refractivity (Wildman–Crippen MR) is 57.6 cm³/mol. The number of carbonyl (C=O) groups is 1. The van der Waals surface area contributed by atoms with Gasteiger partial charge in [0.25, 0.3) is 5.91 Å². The van der Waals surface area contributed by atoms with Crippen molar-refractivity contribution in [2.45, 2.75) is 31.9 Å². The van der Waals surface area contributed by atoms with Gasteiger partial charge in [0.1, 0.15) is 6.10 Å². The van der Waals surface area contributed by atoms with Crippen LogP contribution in [0, 0.1) is 5.92 Å². The minimum absolute atomic E-state index is 0.142. The molecule has 0 aliphatic carbocycles. The minimum atomic E-state index is -0.295. The molecule has 2 heterocycles. The van der Waals surface area contributed by atoms with Gasteiger partial charge in [0.05, 0.1) is 0 Å². The summed E-state index contributed by atoms with van der Waals surface area (Å²) in [6, 6.07) is 0.645. The Morgan fingerprint density at radius 2 is 2.33 bits per heavy atom. The van der Waals surface area contributed by atoms with Gasteiger partial charge in [-0.15, -0.1) is 0 Å². The smallest absolute Gasteiger partial charge is 0.251 e. The van der Waals surface area contributed by atoms with E-state index in [-0.39, 0.29) is 12.0 Å². The Morgan fingerprint density at radius 1 is 1.53 bits per heavy atom. The van der Waals surface area contributed by atoms with Crippen molar-refractivity contribution in [3.63, 3.8) is 0 Å². The van der Waals surface area contributed by atoms with Crippen molar-refractivity contribution in [3.8, 4) is 0 Å². The van der Waals surface area contributed by atoms with E-state index in [0.29, 0.717) is 12.0 Å². The first-order chi connectivity index (χ1) is 7.22. The molecular formula is C11H20N2O2. The van der Waals surface area contributed by atoms with Gasteiger partial charge in [0.2, 0.25) is 0 Å². The van der Waals surface area contributed by atoms with Crippen LogP contribution >= 0.6 is 0 Å². The lowest BCUT2D eigenvalue weighted by molar-refractivity contribution is -0.142. The quantitative estimate of drug-likeness (QED) is 0.712. The first-order valence-electron chi connectivity index (χ1n) is 5.77. The van der Waals surface area contributed by atoms with Crippen molar-refractivity contribution < 1.29 is 9.53 Å². The van der Waals surface area contributed by atoms with Crippen molar-refractivity contribution >= 4 is 5.91 Å². The Kier molecular flexibility index (Phi) is 3.26. The number of nitrogens with zero attached hydrogens (tertiary/aromatic N) is 1. The van der Waals surface area contributed by atoms with Gasteiger partial charge >= 0.3 is 0 Å². The summed E-state index contributed by atoms with van der Waals surface area (Å²) in [5.74, 6) is 0.801. The highest BCUT2D eigenvalue weighted by atomic mass is 16.5. The zero-order valence-corrected chi connectivity index (χ0v) is 9.53. The largest absolute Gasteiger partial charge is 0.372 e. The molecule has 3 atom stereocenters. The standard InChI is InChI=1S/C11H20N2O2/c1-8(15-2)11(14)13-6-4-10-9(7-13)3-5-12-10/h8-10,12H,3-7H2,1-2H3. The number of carbonyl (C=O) groups excluding carboxylic acids is 1. The maximum absolute atomic E-state index is 11.9. The van der Waals surface area contributed by atoms with E-state index in [2.05, 4.69) is 5.32 Å². The van der Waals surface area contributed by atoms with Crippen molar-refractivity contribution in [1.29, 1.82) is 0 Å². The third kappa shape index (κ3) is 2.16. The zero-order valence-electron chi connectivity index (χ0n) is 9.53. The molecule has 15 heavy (non-hydrogen) atoms. The normalized spacial score (nSPS) is 32.5. The van der Waals surface area contributed by atoms with Crippen molar-refractivity contribution in [2.24, 2.45) is 5.92 Å². The van der Waals surface area contributed by atoms with Gasteiger partial charge in [-0.25, -0.2) is 0 Å². The summed E-state index contributed by atoms with van der Waals surface area (Å²) in [7, 11) is 1.59. The van der Waals surface area contributed by atoms with E-state index in [1.54, 1.807) is 7.11 Å². The SMILES string of the molecule is COC(C)C(=O)N1CCC2NCCC2C1. The molecule has 0 saturated carbocycles. The third-order valence-corrected chi connectivity index (χ3v) is 3.67. The van der Waals surface area contributed by atoms with Crippen LogP contribution in [0.15, 0.2) is 0 Å². The number of ether oxygens (including phenoxy) is 1. The van der Waals surface area contributed by atoms with E-state index in [1.807, 2.05) is 11.8 Å². The lowest BCUT2D eigenvalue weighted by atomic mass is 9.93. The average Bonchev–Trinajstić information content (AvgIpc) is 2.73. The van der Waals surface area contributed by atoms with Gasteiger partial charge in [0, 0.05) is 26.2 Å². The second-order valence-corrected chi connectivity index (χ2v) is 4.56. The number of methoxy groups -OCH3 is 1. The molecule has 2 saturated heterocycles. The Hall–Kier alpha value is -0.610. The van der Waals surface area contributed by atoms with Crippen molar-refractivity contribution in [2.75, 3.05) is 26.7 Å². The highest BCUT2D eigenvalue weighted by molar-refractivity contribution is 5.80. The number of nitrogens with one attached hydrogen (secondary N) is 1. The van der Waals surface area contributed by atoms with Gasteiger partial charge < -0.3 is 15.0 Å². The van der Waals surface area contributed by atoms with Crippen molar-refractivity contribution in [1.82, 2.24) is 10.2 Å². The fraction of sp³-hybridized carbons (Fsp3) is 0.909. The average molecular weight is 212 g/mol. The zero-order chi connectivity index (χ0) is 10.8. The Bertz CT molecular complexity index is 245. The van der Waals surface area contributed by atoms with Crippen LogP contribution in [0.3, 0.4) is 0 Å². The van der Waals surface area contributed by atoms with Gasteiger partial charge in [0.15, 0.2) is 0 Å². The molecule has 0 spiro atoms. The molecule has 0 radical (unpaired) electrons. The van der Waals surface area contributed by atoms with E-state index in [4.69, 9.17) is 4.74 Å². The molecule has 0 aromatic carbocycles. The lowest BCUT2D eigenvalue weighted by Crippen LogP contribution is -2.49. The molecule has 2 rings (SSSR count). The van der Waals surface area contributed by atoms with Crippen LogP contribution in [0.25, 0.3) is 0 Å². The topological polar surface area (TPSA) is 41.6 Å². The number of amides is 1.